The molecular formula is C14H20O5. The van der Waals surface area contributed by atoms with Gasteiger partial charge in [-0.3, -0.25) is 0 Å². The van der Waals surface area contributed by atoms with Gasteiger partial charge in [0, 0.05) is 14.2 Å². The molecule has 0 aliphatic carbocycles. The minimum atomic E-state index is -0.685. The van der Waals surface area contributed by atoms with Gasteiger partial charge in [0.05, 0.1) is 12.7 Å². The molecule has 0 bridgehead atoms. The maximum absolute atomic E-state index is 11.3. The van der Waals surface area contributed by atoms with E-state index in [0.717, 1.165) is 5.56 Å². The molecule has 1 atom stereocenters. The lowest BCUT2D eigenvalue weighted by Crippen LogP contribution is -2.30. The molecule has 0 aliphatic rings. The molecule has 5 heteroatoms. The Morgan fingerprint density at radius 1 is 1.16 bits per heavy atom. The molecule has 0 saturated heterocycles. The van der Waals surface area contributed by atoms with Gasteiger partial charge in [0.25, 0.3) is 0 Å². The van der Waals surface area contributed by atoms with Crippen LogP contribution in [0.4, 0.5) is 0 Å². The molecule has 1 N–H and O–H groups in total. The molecule has 0 radical (unpaired) electrons. The van der Waals surface area contributed by atoms with E-state index in [2.05, 4.69) is 4.74 Å². The molecule has 1 rings (SSSR count). The Balaban J connectivity index is 2.52. The lowest BCUT2D eigenvalue weighted by molar-refractivity contribution is -0.165. The zero-order valence-electron chi connectivity index (χ0n) is 11.5. The Labute approximate surface area is 113 Å². The number of aliphatic hydroxyl groups is 1. The molecule has 106 valence electrons. The first-order valence-electron chi connectivity index (χ1n) is 6.03. The Kier molecular flexibility index (Phi) is 6.49. The number of benzene rings is 1. The molecule has 1 aromatic rings. The average Bonchev–Trinajstić information content (AvgIpc) is 2.46. The summed E-state index contributed by atoms with van der Waals surface area (Å²) in [5.74, 6) is -0.356. The predicted octanol–water partition coefficient (Wildman–Crippen LogP) is 1.39. The maximum atomic E-state index is 11.3. The minimum absolute atomic E-state index is 0.356. The highest BCUT2D eigenvalue weighted by atomic mass is 16.7. The Bertz CT molecular complexity index is 383. The van der Waals surface area contributed by atoms with Crippen LogP contribution >= 0.6 is 0 Å². The second-order valence-electron chi connectivity index (χ2n) is 4.13. The van der Waals surface area contributed by atoms with Crippen LogP contribution in [0.25, 0.3) is 0 Å². The quantitative estimate of drug-likeness (QED) is 0.598. The van der Waals surface area contributed by atoms with E-state index in [0.29, 0.717) is 18.4 Å². The van der Waals surface area contributed by atoms with E-state index in [1.165, 1.54) is 21.3 Å². The van der Waals surface area contributed by atoms with Gasteiger partial charge in [0.15, 0.2) is 6.29 Å². The second kappa shape index (κ2) is 7.89. The van der Waals surface area contributed by atoms with Gasteiger partial charge in [-0.15, -0.1) is 0 Å². The predicted molar refractivity (Wildman–Crippen MR) is 69.9 cm³/mol. The first-order chi connectivity index (χ1) is 9.12. The van der Waals surface area contributed by atoms with Gasteiger partial charge in [0.2, 0.25) is 0 Å². The van der Waals surface area contributed by atoms with E-state index in [1.54, 1.807) is 12.1 Å². The number of hydrogen-bond donors (Lipinski definition) is 1. The molecule has 0 saturated carbocycles. The van der Waals surface area contributed by atoms with Crippen molar-refractivity contribution in [3.05, 3.63) is 35.4 Å². The van der Waals surface area contributed by atoms with Crippen molar-refractivity contribution < 1.29 is 24.1 Å². The fourth-order valence-electron chi connectivity index (χ4n) is 1.79. The van der Waals surface area contributed by atoms with Crippen molar-refractivity contribution in [3.63, 3.8) is 0 Å². The summed E-state index contributed by atoms with van der Waals surface area (Å²) < 4.78 is 14.6. The number of aryl methyl sites for hydroxylation is 1. The zero-order chi connectivity index (χ0) is 14.3. The van der Waals surface area contributed by atoms with Crippen LogP contribution in [0, 0.1) is 0 Å². The number of carbonyl (C=O) groups excluding carboxylic acids is 1. The smallest absolute Gasteiger partial charge is 0.337 e. The Morgan fingerprint density at radius 3 is 2.21 bits per heavy atom. The lowest BCUT2D eigenvalue weighted by atomic mass is 10.0. The van der Waals surface area contributed by atoms with Gasteiger partial charge in [-0.2, -0.15) is 0 Å². The fourth-order valence-corrected chi connectivity index (χ4v) is 1.79. The molecular weight excluding hydrogens is 248 g/mol. The molecule has 5 nitrogen and oxygen atoms in total. The normalized spacial score (nSPS) is 12.5. The number of ether oxygens (including phenoxy) is 3. The fraction of sp³-hybridized carbons (Fsp3) is 0.500. The first-order valence-corrected chi connectivity index (χ1v) is 6.03. The van der Waals surface area contributed by atoms with Crippen LogP contribution in [0.1, 0.15) is 22.3 Å². The van der Waals surface area contributed by atoms with Crippen molar-refractivity contribution >= 4 is 5.97 Å². The zero-order valence-corrected chi connectivity index (χ0v) is 11.5. The molecule has 0 heterocycles. The van der Waals surface area contributed by atoms with E-state index < -0.39 is 12.4 Å². The number of carbonyl (C=O) groups is 1. The van der Waals surface area contributed by atoms with Crippen LogP contribution < -0.4 is 0 Å². The Hall–Kier alpha value is -1.43. The summed E-state index contributed by atoms with van der Waals surface area (Å²) >= 11 is 0. The monoisotopic (exact) mass is 268 g/mol. The van der Waals surface area contributed by atoms with Gasteiger partial charge >= 0.3 is 5.97 Å². The first kappa shape index (κ1) is 15.6. The summed E-state index contributed by atoms with van der Waals surface area (Å²) in [5.41, 5.74) is 1.54. The van der Waals surface area contributed by atoms with Crippen molar-refractivity contribution in [1.82, 2.24) is 0 Å². The second-order valence-corrected chi connectivity index (χ2v) is 4.13. The average molecular weight is 268 g/mol. The van der Waals surface area contributed by atoms with Crippen LogP contribution in [0.2, 0.25) is 0 Å². The molecule has 19 heavy (non-hydrogen) atoms. The molecule has 0 spiro atoms. The van der Waals surface area contributed by atoms with Gasteiger partial charge in [-0.25, -0.2) is 4.79 Å². The molecule has 0 aromatic heterocycles. The highest BCUT2D eigenvalue weighted by Crippen LogP contribution is 2.11. The van der Waals surface area contributed by atoms with Gasteiger partial charge < -0.3 is 19.3 Å². The topological polar surface area (TPSA) is 65.0 Å². The third kappa shape index (κ3) is 4.63. The highest BCUT2D eigenvalue weighted by molar-refractivity contribution is 5.89. The third-order valence-corrected chi connectivity index (χ3v) is 2.88. The summed E-state index contributed by atoms with van der Waals surface area (Å²) in [6.07, 6.45) is -0.111. The standard InChI is InChI=1S/C14H20O5/c1-17-13(16)11-7-4-10(5-8-11)6-9-12(15)14(18-2)19-3/h4-5,7-8,12,14-15H,6,9H2,1-3H3/t12-/m0/s1. The number of hydrogen-bond acceptors (Lipinski definition) is 5. The third-order valence-electron chi connectivity index (χ3n) is 2.88. The molecule has 0 amide bonds. The van der Waals surface area contributed by atoms with Crippen molar-refractivity contribution in [2.24, 2.45) is 0 Å². The number of aliphatic hydroxyl groups excluding tert-OH is 1. The largest absolute Gasteiger partial charge is 0.465 e. The molecule has 0 unspecified atom stereocenters. The Morgan fingerprint density at radius 2 is 1.74 bits per heavy atom. The van der Waals surface area contributed by atoms with Crippen LogP contribution in [0.5, 0.6) is 0 Å². The number of rotatable bonds is 7. The van der Waals surface area contributed by atoms with E-state index in [9.17, 15) is 9.90 Å². The molecule has 0 fully saturated rings. The minimum Gasteiger partial charge on any atom is -0.465 e. The van der Waals surface area contributed by atoms with E-state index in [-0.39, 0.29) is 5.97 Å². The van der Waals surface area contributed by atoms with Crippen LogP contribution in [-0.4, -0.2) is 44.8 Å². The van der Waals surface area contributed by atoms with E-state index in [1.807, 2.05) is 12.1 Å². The van der Waals surface area contributed by atoms with Crippen molar-refractivity contribution in [2.75, 3.05) is 21.3 Å². The van der Waals surface area contributed by atoms with Crippen molar-refractivity contribution in [1.29, 1.82) is 0 Å². The molecule has 0 aliphatic heterocycles. The maximum Gasteiger partial charge on any atom is 0.337 e. The van der Waals surface area contributed by atoms with E-state index >= 15 is 0 Å². The van der Waals surface area contributed by atoms with Crippen LogP contribution in [0.3, 0.4) is 0 Å². The summed E-state index contributed by atoms with van der Waals surface area (Å²) in [6.45, 7) is 0. The number of methoxy groups -OCH3 is 3. The summed E-state index contributed by atoms with van der Waals surface area (Å²) in [6, 6.07) is 7.09. The van der Waals surface area contributed by atoms with Gasteiger partial charge in [-0.05, 0) is 30.5 Å². The van der Waals surface area contributed by atoms with Gasteiger partial charge in [0.1, 0.15) is 6.10 Å². The van der Waals surface area contributed by atoms with Crippen molar-refractivity contribution in [2.45, 2.75) is 25.2 Å². The molecule has 1 aromatic carbocycles. The number of esters is 1. The van der Waals surface area contributed by atoms with E-state index in [4.69, 9.17) is 9.47 Å². The van der Waals surface area contributed by atoms with Gasteiger partial charge in [-0.1, -0.05) is 12.1 Å². The lowest BCUT2D eigenvalue weighted by Gasteiger charge is -2.19. The van der Waals surface area contributed by atoms with Crippen LogP contribution in [0.15, 0.2) is 24.3 Å². The summed E-state index contributed by atoms with van der Waals surface area (Å²) in [7, 11) is 4.33. The SMILES string of the molecule is COC(=O)c1ccc(CC[C@H](O)C(OC)OC)cc1. The summed E-state index contributed by atoms with van der Waals surface area (Å²) in [5, 5.41) is 9.83. The van der Waals surface area contributed by atoms with Crippen LogP contribution in [-0.2, 0) is 20.6 Å². The summed E-state index contributed by atoms with van der Waals surface area (Å²) in [4.78, 5) is 11.3. The van der Waals surface area contributed by atoms with Crippen molar-refractivity contribution in [3.8, 4) is 0 Å². The highest BCUT2D eigenvalue weighted by Gasteiger charge is 2.17.